The van der Waals surface area contributed by atoms with Crippen molar-refractivity contribution in [2.75, 3.05) is 66.3 Å². The van der Waals surface area contributed by atoms with Gasteiger partial charge < -0.3 is 19.7 Å². The molecular weight excluding hydrogens is 533 g/mol. The summed E-state index contributed by atoms with van der Waals surface area (Å²) in [5, 5.41) is 3.34. The summed E-state index contributed by atoms with van der Waals surface area (Å²) in [4.78, 5) is 9.31. The van der Waals surface area contributed by atoms with Gasteiger partial charge in [0.2, 0.25) is 10.0 Å². The van der Waals surface area contributed by atoms with Gasteiger partial charge in [-0.3, -0.25) is 9.89 Å². The molecule has 1 saturated heterocycles. The van der Waals surface area contributed by atoms with E-state index in [9.17, 15) is 8.42 Å². The number of benzene rings is 1. The van der Waals surface area contributed by atoms with Crippen LogP contribution in [0.1, 0.15) is 18.9 Å². The minimum Gasteiger partial charge on any atom is -0.497 e. The highest BCUT2D eigenvalue weighted by Gasteiger charge is 2.20. The molecule has 0 aliphatic carbocycles. The van der Waals surface area contributed by atoms with Crippen molar-refractivity contribution in [3.8, 4) is 11.5 Å². The van der Waals surface area contributed by atoms with Gasteiger partial charge in [-0.25, -0.2) is 13.1 Å². The molecule has 1 aliphatic heterocycles. The summed E-state index contributed by atoms with van der Waals surface area (Å²) in [5.41, 5.74) is 1.12. The fourth-order valence-electron chi connectivity index (χ4n) is 3.31. The van der Waals surface area contributed by atoms with Gasteiger partial charge in [0.25, 0.3) is 0 Å². The molecule has 0 radical (unpaired) electrons. The molecule has 0 atom stereocenters. The van der Waals surface area contributed by atoms with E-state index in [4.69, 9.17) is 9.47 Å². The van der Waals surface area contributed by atoms with Gasteiger partial charge in [-0.15, -0.1) is 24.0 Å². The smallest absolute Gasteiger partial charge is 0.208 e. The Hall–Kier alpha value is -1.31. The molecule has 1 aliphatic rings. The maximum atomic E-state index is 11.1. The van der Waals surface area contributed by atoms with Crippen molar-refractivity contribution in [3.63, 3.8) is 0 Å². The average Bonchev–Trinajstić information content (AvgIpc) is 2.72. The maximum absolute atomic E-state index is 11.1. The second kappa shape index (κ2) is 14.0. The lowest BCUT2D eigenvalue weighted by Crippen LogP contribution is -2.52. The molecule has 1 heterocycles. The van der Waals surface area contributed by atoms with Crippen LogP contribution < -0.4 is 19.5 Å². The molecule has 2 rings (SSSR count). The van der Waals surface area contributed by atoms with Crippen LogP contribution in [0.3, 0.4) is 0 Å². The van der Waals surface area contributed by atoms with Crippen LogP contribution in [0.2, 0.25) is 0 Å². The van der Waals surface area contributed by atoms with Crippen molar-refractivity contribution >= 4 is 40.0 Å². The molecule has 0 unspecified atom stereocenters. The van der Waals surface area contributed by atoms with Crippen LogP contribution in [0, 0.1) is 0 Å². The topological polar surface area (TPSA) is 95.5 Å². The van der Waals surface area contributed by atoms with Gasteiger partial charge in [-0.05, 0) is 31.5 Å². The summed E-state index contributed by atoms with van der Waals surface area (Å²) in [7, 11) is 0.214. The number of sulfonamides is 1. The third kappa shape index (κ3) is 9.79. The first kappa shape index (κ1) is 27.7. The Labute approximate surface area is 203 Å². The summed E-state index contributed by atoms with van der Waals surface area (Å²) in [6, 6.07) is 5.88. The molecule has 11 heteroatoms. The number of halogens is 1. The second-order valence-electron chi connectivity index (χ2n) is 7.20. The molecule has 9 nitrogen and oxygen atoms in total. The average molecular weight is 570 g/mol. The third-order valence-corrected chi connectivity index (χ3v) is 5.58. The van der Waals surface area contributed by atoms with Crippen LogP contribution in [0.4, 0.5) is 0 Å². The number of hydrogen-bond donors (Lipinski definition) is 2. The summed E-state index contributed by atoms with van der Waals surface area (Å²) in [5.74, 6) is 2.59. The van der Waals surface area contributed by atoms with E-state index in [1.165, 1.54) is 6.26 Å². The molecule has 31 heavy (non-hydrogen) atoms. The van der Waals surface area contributed by atoms with E-state index < -0.39 is 10.0 Å². The molecule has 1 aromatic rings. The number of rotatable bonds is 10. The third-order valence-electron chi connectivity index (χ3n) is 4.85. The zero-order chi connectivity index (χ0) is 22.0. The van der Waals surface area contributed by atoms with E-state index in [0.717, 1.165) is 62.3 Å². The standard InChI is InChI=1S/C20H35N5O4S.HI/c1-5-21-20(22-9-6-10-23-30(4,26)27)25-13-11-24(12-14-25)16-17-15-18(28-2)7-8-19(17)29-3;/h7-8,15,23H,5-6,9-14,16H2,1-4H3,(H,21,22);1H. The van der Waals surface area contributed by atoms with Crippen molar-refractivity contribution in [1.82, 2.24) is 19.8 Å². The van der Waals surface area contributed by atoms with E-state index in [1.807, 2.05) is 25.1 Å². The predicted molar refractivity (Wildman–Crippen MR) is 135 cm³/mol. The number of guanidine groups is 1. The minimum atomic E-state index is -3.14. The zero-order valence-electron chi connectivity index (χ0n) is 18.9. The monoisotopic (exact) mass is 569 g/mol. The van der Waals surface area contributed by atoms with Crippen LogP contribution in [0.15, 0.2) is 23.2 Å². The Balaban J connectivity index is 0.00000480. The number of methoxy groups -OCH3 is 2. The number of nitrogens with one attached hydrogen (secondary N) is 2. The second-order valence-corrected chi connectivity index (χ2v) is 9.03. The highest BCUT2D eigenvalue weighted by Crippen LogP contribution is 2.25. The van der Waals surface area contributed by atoms with E-state index in [-0.39, 0.29) is 24.0 Å². The molecule has 2 N–H and O–H groups in total. The van der Waals surface area contributed by atoms with E-state index >= 15 is 0 Å². The van der Waals surface area contributed by atoms with Crippen LogP contribution in [0.25, 0.3) is 0 Å². The highest BCUT2D eigenvalue weighted by atomic mass is 127. The lowest BCUT2D eigenvalue weighted by Gasteiger charge is -2.36. The number of aliphatic imine (C=N–C) groups is 1. The maximum Gasteiger partial charge on any atom is 0.208 e. The molecule has 0 amide bonds. The number of ether oxygens (including phenoxy) is 2. The lowest BCUT2D eigenvalue weighted by molar-refractivity contribution is 0.171. The van der Waals surface area contributed by atoms with Crippen molar-refractivity contribution in [1.29, 1.82) is 0 Å². The minimum absolute atomic E-state index is 0. The van der Waals surface area contributed by atoms with Crippen LogP contribution in [-0.2, 0) is 16.6 Å². The number of nitrogens with zero attached hydrogens (tertiary/aromatic N) is 3. The molecule has 1 aromatic carbocycles. The molecule has 0 saturated carbocycles. The molecule has 0 aromatic heterocycles. The van der Waals surface area contributed by atoms with E-state index in [1.54, 1.807) is 14.2 Å². The first-order valence-electron chi connectivity index (χ1n) is 10.3. The van der Waals surface area contributed by atoms with Gasteiger partial charge >= 0.3 is 0 Å². The van der Waals surface area contributed by atoms with Gasteiger partial charge in [0, 0.05) is 57.9 Å². The predicted octanol–water partition coefficient (Wildman–Crippen LogP) is 1.34. The van der Waals surface area contributed by atoms with Gasteiger partial charge in [-0.2, -0.15) is 0 Å². The Morgan fingerprint density at radius 2 is 1.87 bits per heavy atom. The van der Waals surface area contributed by atoms with Crippen molar-refractivity contribution in [3.05, 3.63) is 23.8 Å². The fraction of sp³-hybridized carbons (Fsp3) is 0.650. The van der Waals surface area contributed by atoms with Crippen molar-refractivity contribution < 1.29 is 17.9 Å². The van der Waals surface area contributed by atoms with E-state index in [0.29, 0.717) is 19.5 Å². The van der Waals surface area contributed by atoms with Crippen molar-refractivity contribution in [2.24, 2.45) is 4.99 Å². The van der Waals surface area contributed by atoms with E-state index in [2.05, 4.69) is 24.8 Å². The molecule has 0 spiro atoms. The quantitative estimate of drug-likeness (QED) is 0.190. The highest BCUT2D eigenvalue weighted by molar-refractivity contribution is 14.0. The number of piperazine rings is 1. The first-order chi connectivity index (χ1) is 14.4. The van der Waals surface area contributed by atoms with Crippen LogP contribution in [0.5, 0.6) is 11.5 Å². The Kier molecular flexibility index (Phi) is 12.5. The Bertz CT molecular complexity index is 799. The molecule has 1 fully saturated rings. The zero-order valence-corrected chi connectivity index (χ0v) is 22.0. The number of hydrogen-bond acceptors (Lipinski definition) is 6. The fourth-order valence-corrected chi connectivity index (χ4v) is 3.83. The first-order valence-corrected chi connectivity index (χ1v) is 12.2. The normalized spacial score (nSPS) is 15.4. The van der Waals surface area contributed by atoms with Crippen molar-refractivity contribution in [2.45, 2.75) is 19.9 Å². The van der Waals surface area contributed by atoms with Gasteiger partial charge in [-0.1, -0.05) is 0 Å². The largest absolute Gasteiger partial charge is 0.497 e. The SMILES string of the molecule is CCNC(=NCCCNS(C)(=O)=O)N1CCN(Cc2cc(OC)ccc2OC)CC1.I. The van der Waals surface area contributed by atoms with Gasteiger partial charge in [0.1, 0.15) is 11.5 Å². The van der Waals surface area contributed by atoms with Gasteiger partial charge in [0.05, 0.1) is 20.5 Å². The summed E-state index contributed by atoms with van der Waals surface area (Å²) in [6.45, 7) is 8.21. The summed E-state index contributed by atoms with van der Waals surface area (Å²) in [6.07, 6.45) is 1.83. The van der Waals surface area contributed by atoms with Gasteiger partial charge in [0.15, 0.2) is 5.96 Å². The van der Waals surface area contributed by atoms with Crippen LogP contribution in [-0.4, -0.2) is 90.5 Å². The molecular formula is C20H36IN5O4S. The summed E-state index contributed by atoms with van der Waals surface area (Å²) < 4.78 is 35.6. The Morgan fingerprint density at radius 1 is 1.16 bits per heavy atom. The lowest BCUT2D eigenvalue weighted by atomic mass is 10.1. The van der Waals surface area contributed by atoms with Crippen LogP contribution >= 0.6 is 24.0 Å². The molecule has 178 valence electrons. The summed E-state index contributed by atoms with van der Waals surface area (Å²) >= 11 is 0. The Morgan fingerprint density at radius 3 is 2.45 bits per heavy atom. The molecule has 0 bridgehead atoms.